The van der Waals surface area contributed by atoms with Crippen LogP contribution in [-0.4, -0.2) is 31.6 Å². The first-order chi connectivity index (χ1) is 10.9. The fraction of sp³-hybridized carbons (Fsp3) is 0.533. The van der Waals surface area contributed by atoms with Crippen LogP contribution in [0.5, 0.6) is 0 Å². The summed E-state index contributed by atoms with van der Waals surface area (Å²) in [5, 5.41) is 3.28. The molecule has 0 saturated carbocycles. The van der Waals surface area contributed by atoms with Crippen molar-refractivity contribution >= 4 is 30.4 Å². The zero-order valence-corrected chi connectivity index (χ0v) is 14.7. The molecule has 24 heavy (non-hydrogen) atoms. The lowest BCUT2D eigenvalue weighted by molar-refractivity contribution is -0.137. The van der Waals surface area contributed by atoms with Gasteiger partial charge in [-0.25, -0.2) is 0 Å². The van der Waals surface area contributed by atoms with Crippen molar-refractivity contribution in [2.75, 3.05) is 7.11 Å². The van der Waals surface area contributed by atoms with Gasteiger partial charge in [-0.1, -0.05) is 22.8 Å². The van der Waals surface area contributed by atoms with E-state index in [-0.39, 0.29) is 10.6 Å². The highest BCUT2D eigenvalue weighted by atomic mass is 35.5. The van der Waals surface area contributed by atoms with Crippen LogP contribution < -0.4 is 5.46 Å². The Labute approximate surface area is 144 Å². The van der Waals surface area contributed by atoms with Crippen LogP contribution in [-0.2, 0) is 20.3 Å². The standard InChI is InChI=1S/C15H18BClF3NO3/c1-13(2)14(3,4)24-16(23-13)11-7-6-10(15(18,19)20)9(12(11)17)8-21-22-5/h6-8H,1-5H3/b21-8+. The molecule has 2 rings (SSSR count). The molecule has 1 aromatic carbocycles. The maximum absolute atomic E-state index is 13.2. The molecule has 1 aliphatic heterocycles. The van der Waals surface area contributed by atoms with Crippen molar-refractivity contribution in [2.24, 2.45) is 5.16 Å². The number of hydrogen-bond donors (Lipinski definition) is 0. The monoisotopic (exact) mass is 363 g/mol. The van der Waals surface area contributed by atoms with Crippen LogP contribution in [0.1, 0.15) is 38.8 Å². The summed E-state index contributed by atoms with van der Waals surface area (Å²) in [6.07, 6.45) is -3.65. The topological polar surface area (TPSA) is 40.0 Å². The van der Waals surface area contributed by atoms with Gasteiger partial charge in [0.15, 0.2) is 0 Å². The van der Waals surface area contributed by atoms with Gasteiger partial charge in [0.05, 0.1) is 23.0 Å². The summed E-state index contributed by atoms with van der Waals surface area (Å²) in [7, 11) is 0.356. The zero-order chi connectivity index (χ0) is 18.3. The molecule has 1 aromatic rings. The van der Waals surface area contributed by atoms with Crippen LogP contribution in [0.15, 0.2) is 17.3 Å². The smallest absolute Gasteiger partial charge is 0.399 e. The third kappa shape index (κ3) is 3.41. The van der Waals surface area contributed by atoms with Gasteiger partial charge in [-0.05, 0) is 33.8 Å². The van der Waals surface area contributed by atoms with Gasteiger partial charge in [0.25, 0.3) is 0 Å². The molecule has 4 nitrogen and oxygen atoms in total. The molecule has 1 heterocycles. The van der Waals surface area contributed by atoms with E-state index in [1.807, 2.05) is 27.7 Å². The number of halogens is 4. The van der Waals surface area contributed by atoms with Crippen LogP contribution in [0.25, 0.3) is 0 Å². The molecule has 0 aromatic heterocycles. The molecule has 0 amide bonds. The summed E-state index contributed by atoms with van der Waals surface area (Å²) < 4.78 is 51.3. The lowest BCUT2D eigenvalue weighted by Crippen LogP contribution is -2.41. The summed E-state index contributed by atoms with van der Waals surface area (Å²) in [5.74, 6) is 0. The number of hydrogen-bond acceptors (Lipinski definition) is 4. The summed E-state index contributed by atoms with van der Waals surface area (Å²) in [5.41, 5.74) is -2.16. The quantitative estimate of drug-likeness (QED) is 0.468. The van der Waals surface area contributed by atoms with Crippen molar-refractivity contribution in [3.05, 3.63) is 28.3 Å². The minimum absolute atomic E-state index is 0.135. The van der Waals surface area contributed by atoms with Crippen LogP contribution in [0.2, 0.25) is 5.02 Å². The van der Waals surface area contributed by atoms with Crippen LogP contribution in [0, 0.1) is 0 Å². The van der Waals surface area contributed by atoms with E-state index in [4.69, 9.17) is 20.9 Å². The maximum atomic E-state index is 13.2. The molecular weight excluding hydrogens is 345 g/mol. The van der Waals surface area contributed by atoms with Gasteiger partial charge in [0.2, 0.25) is 0 Å². The zero-order valence-electron chi connectivity index (χ0n) is 14.0. The number of oxime groups is 1. The third-order valence-electron chi connectivity index (χ3n) is 4.31. The first-order valence-electron chi connectivity index (χ1n) is 7.22. The van der Waals surface area contributed by atoms with Gasteiger partial charge < -0.3 is 14.1 Å². The number of nitrogens with zero attached hydrogens (tertiary/aromatic N) is 1. The Morgan fingerprint density at radius 2 is 1.71 bits per heavy atom. The Kier molecular flexibility index (Phi) is 4.96. The minimum Gasteiger partial charge on any atom is -0.399 e. The minimum atomic E-state index is -4.58. The van der Waals surface area contributed by atoms with E-state index >= 15 is 0 Å². The van der Waals surface area contributed by atoms with Crippen molar-refractivity contribution in [3.63, 3.8) is 0 Å². The Morgan fingerprint density at radius 1 is 1.17 bits per heavy atom. The Balaban J connectivity index is 2.53. The molecule has 9 heteroatoms. The molecule has 0 radical (unpaired) electrons. The molecule has 132 valence electrons. The normalized spacial score (nSPS) is 20.0. The molecule has 1 saturated heterocycles. The molecular formula is C15H18BClF3NO3. The highest BCUT2D eigenvalue weighted by Crippen LogP contribution is 2.38. The summed E-state index contributed by atoms with van der Waals surface area (Å²) in [6.45, 7) is 7.38. The van der Waals surface area contributed by atoms with Gasteiger partial charge in [-0.15, -0.1) is 0 Å². The van der Waals surface area contributed by atoms with Crippen molar-refractivity contribution in [1.82, 2.24) is 0 Å². The number of benzene rings is 1. The summed E-state index contributed by atoms with van der Waals surface area (Å²) in [4.78, 5) is 4.48. The van der Waals surface area contributed by atoms with Crippen LogP contribution in [0.3, 0.4) is 0 Å². The molecule has 1 aliphatic rings. The van der Waals surface area contributed by atoms with Gasteiger partial charge in [-0.2, -0.15) is 13.2 Å². The summed E-state index contributed by atoms with van der Waals surface area (Å²) >= 11 is 6.22. The average molecular weight is 364 g/mol. The second-order valence-electron chi connectivity index (χ2n) is 6.43. The van der Waals surface area contributed by atoms with E-state index in [1.165, 1.54) is 13.2 Å². The van der Waals surface area contributed by atoms with E-state index in [0.29, 0.717) is 5.46 Å². The average Bonchev–Trinajstić information content (AvgIpc) is 2.64. The fourth-order valence-electron chi connectivity index (χ4n) is 2.24. The van der Waals surface area contributed by atoms with E-state index in [1.54, 1.807) is 0 Å². The SMILES string of the molecule is CO/N=C/c1c(C(F)(F)F)ccc(B2OC(C)(C)C(C)(C)O2)c1Cl. The van der Waals surface area contributed by atoms with Crippen LogP contribution in [0.4, 0.5) is 13.2 Å². The van der Waals surface area contributed by atoms with Gasteiger partial charge in [-0.3, -0.25) is 0 Å². The Bertz CT molecular complexity index is 646. The largest absolute Gasteiger partial charge is 0.496 e. The molecule has 0 atom stereocenters. The van der Waals surface area contributed by atoms with Crippen molar-refractivity contribution in [3.8, 4) is 0 Å². The first kappa shape index (κ1) is 19.1. The second kappa shape index (κ2) is 6.24. The van der Waals surface area contributed by atoms with Crippen LogP contribution >= 0.6 is 11.6 Å². The summed E-state index contributed by atoms with van der Waals surface area (Å²) in [6, 6.07) is 2.20. The first-order valence-corrected chi connectivity index (χ1v) is 7.60. The molecule has 0 bridgehead atoms. The Morgan fingerprint density at radius 3 is 2.17 bits per heavy atom. The predicted octanol–water partition coefficient (Wildman–Crippen LogP) is 3.64. The van der Waals surface area contributed by atoms with Gasteiger partial charge in [0, 0.05) is 16.0 Å². The van der Waals surface area contributed by atoms with Crippen molar-refractivity contribution < 1.29 is 27.3 Å². The Hall–Kier alpha value is -1.25. The third-order valence-corrected chi connectivity index (χ3v) is 4.73. The van der Waals surface area contributed by atoms with E-state index in [0.717, 1.165) is 12.3 Å². The lowest BCUT2D eigenvalue weighted by Gasteiger charge is -2.32. The molecule has 0 N–H and O–H groups in total. The van der Waals surface area contributed by atoms with Gasteiger partial charge >= 0.3 is 13.3 Å². The highest BCUT2D eigenvalue weighted by Gasteiger charge is 2.52. The lowest BCUT2D eigenvalue weighted by atomic mass is 9.77. The van der Waals surface area contributed by atoms with Crippen molar-refractivity contribution in [1.29, 1.82) is 0 Å². The molecule has 0 aliphatic carbocycles. The molecule has 0 spiro atoms. The second-order valence-corrected chi connectivity index (χ2v) is 6.81. The maximum Gasteiger partial charge on any atom is 0.496 e. The fourth-order valence-corrected chi connectivity index (χ4v) is 2.54. The highest BCUT2D eigenvalue weighted by molar-refractivity contribution is 6.66. The van der Waals surface area contributed by atoms with Crippen molar-refractivity contribution in [2.45, 2.75) is 45.1 Å². The molecule has 1 fully saturated rings. The van der Waals surface area contributed by atoms with E-state index < -0.39 is 30.1 Å². The predicted molar refractivity (Wildman–Crippen MR) is 86.8 cm³/mol. The number of alkyl halides is 3. The van der Waals surface area contributed by atoms with E-state index in [9.17, 15) is 13.2 Å². The number of rotatable bonds is 3. The van der Waals surface area contributed by atoms with E-state index in [2.05, 4.69) is 9.99 Å². The molecule has 0 unspecified atom stereocenters. The van der Waals surface area contributed by atoms with Gasteiger partial charge in [0.1, 0.15) is 7.11 Å².